The van der Waals surface area contributed by atoms with E-state index in [0.29, 0.717) is 12.1 Å². The van der Waals surface area contributed by atoms with Gasteiger partial charge in [0.2, 0.25) is 0 Å². The quantitative estimate of drug-likeness (QED) is 0.868. The highest BCUT2D eigenvalue weighted by Gasteiger charge is 2.22. The van der Waals surface area contributed by atoms with Gasteiger partial charge in [0.15, 0.2) is 5.82 Å². The number of anilines is 1. The van der Waals surface area contributed by atoms with Crippen molar-refractivity contribution in [2.45, 2.75) is 26.4 Å². The van der Waals surface area contributed by atoms with E-state index >= 15 is 0 Å². The van der Waals surface area contributed by atoms with E-state index in [1.807, 2.05) is 5.32 Å². The summed E-state index contributed by atoms with van der Waals surface area (Å²) in [5.41, 5.74) is -2.16. The highest BCUT2D eigenvalue weighted by Crippen LogP contribution is 2.22. The summed E-state index contributed by atoms with van der Waals surface area (Å²) in [4.78, 5) is 22.3. The van der Waals surface area contributed by atoms with Gasteiger partial charge < -0.3 is 9.84 Å². The largest absolute Gasteiger partial charge is 0.478 e. The lowest BCUT2D eigenvalue weighted by molar-refractivity contribution is 0.0635. The summed E-state index contributed by atoms with van der Waals surface area (Å²) in [6, 6.07) is 1.08. The van der Waals surface area contributed by atoms with E-state index < -0.39 is 40.5 Å². The van der Waals surface area contributed by atoms with Crippen molar-refractivity contribution in [3.63, 3.8) is 0 Å². The summed E-state index contributed by atoms with van der Waals surface area (Å²) in [6.07, 6.45) is -1.03. The molecule has 0 aromatic heterocycles. The fourth-order valence-electron chi connectivity index (χ4n) is 1.27. The van der Waals surface area contributed by atoms with Crippen LogP contribution in [-0.4, -0.2) is 22.8 Å². The molecule has 0 aliphatic heterocycles. The van der Waals surface area contributed by atoms with Crippen LogP contribution in [0.15, 0.2) is 12.1 Å². The van der Waals surface area contributed by atoms with Crippen LogP contribution >= 0.6 is 0 Å². The molecule has 0 spiro atoms. The first-order valence-electron chi connectivity index (χ1n) is 5.32. The summed E-state index contributed by atoms with van der Waals surface area (Å²) in [6.45, 7) is 4.77. The minimum absolute atomic E-state index is 0.471. The molecule has 1 aromatic rings. The standard InChI is InChI=1S/C12H13F2NO4/c1-12(2,3)19-11(18)15-9-7(10(16)17)4-6(13)5-8(9)14/h4-5H,1-3H3,(H,15,18)(H,16,17). The van der Waals surface area contributed by atoms with E-state index in [9.17, 15) is 18.4 Å². The van der Waals surface area contributed by atoms with Gasteiger partial charge in [-0.25, -0.2) is 18.4 Å². The lowest BCUT2D eigenvalue weighted by Crippen LogP contribution is -2.28. The van der Waals surface area contributed by atoms with Crippen molar-refractivity contribution in [1.82, 2.24) is 0 Å². The maximum atomic E-state index is 13.5. The van der Waals surface area contributed by atoms with Gasteiger partial charge in [-0.3, -0.25) is 5.32 Å². The van der Waals surface area contributed by atoms with Gasteiger partial charge in [0.05, 0.1) is 11.3 Å². The highest BCUT2D eigenvalue weighted by atomic mass is 19.1. The third-order valence-corrected chi connectivity index (χ3v) is 1.91. The minimum Gasteiger partial charge on any atom is -0.478 e. The summed E-state index contributed by atoms with van der Waals surface area (Å²) < 4.78 is 31.3. The van der Waals surface area contributed by atoms with Gasteiger partial charge in [-0.1, -0.05) is 0 Å². The monoisotopic (exact) mass is 273 g/mol. The van der Waals surface area contributed by atoms with E-state index in [0.717, 1.165) is 0 Å². The van der Waals surface area contributed by atoms with Crippen molar-refractivity contribution in [2.24, 2.45) is 0 Å². The summed E-state index contributed by atoms with van der Waals surface area (Å²) >= 11 is 0. The molecule has 0 saturated heterocycles. The Kier molecular flexibility index (Phi) is 4.08. The first-order chi connectivity index (χ1) is 8.60. The van der Waals surface area contributed by atoms with Crippen LogP contribution in [-0.2, 0) is 4.74 Å². The fourth-order valence-corrected chi connectivity index (χ4v) is 1.27. The average Bonchev–Trinajstić information content (AvgIpc) is 2.18. The zero-order valence-corrected chi connectivity index (χ0v) is 10.6. The number of amides is 1. The van der Waals surface area contributed by atoms with Gasteiger partial charge in [-0.15, -0.1) is 0 Å². The SMILES string of the molecule is CC(C)(C)OC(=O)Nc1c(F)cc(F)cc1C(=O)O. The number of aromatic carboxylic acids is 1. The number of hydrogen-bond acceptors (Lipinski definition) is 3. The van der Waals surface area contributed by atoms with Crippen LogP contribution in [0.1, 0.15) is 31.1 Å². The number of carbonyl (C=O) groups excluding carboxylic acids is 1. The second-order valence-corrected chi connectivity index (χ2v) is 4.74. The van der Waals surface area contributed by atoms with Crippen molar-refractivity contribution in [2.75, 3.05) is 5.32 Å². The van der Waals surface area contributed by atoms with Gasteiger partial charge in [0.25, 0.3) is 0 Å². The Hall–Kier alpha value is -2.18. The molecule has 1 amide bonds. The van der Waals surface area contributed by atoms with Gasteiger partial charge >= 0.3 is 12.1 Å². The molecule has 0 saturated carbocycles. The summed E-state index contributed by atoms with van der Waals surface area (Å²) in [5.74, 6) is -3.81. The molecule has 2 N–H and O–H groups in total. The molecular formula is C12H13F2NO4. The predicted octanol–water partition coefficient (Wildman–Crippen LogP) is 3.01. The smallest absolute Gasteiger partial charge is 0.412 e. The van der Waals surface area contributed by atoms with Crippen LogP contribution in [0.5, 0.6) is 0 Å². The van der Waals surface area contributed by atoms with E-state index in [1.165, 1.54) is 0 Å². The average molecular weight is 273 g/mol. The molecule has 0 heterocycles. The van der Waals surface area contributed by atoms with Crippen LogP contribution < -0.4 is 5.32 Å². The second kappa shape index (κ2) is 5.21. The van der Waals surface area contributed by atoms with Gasteiger partial charge in [-0.05, 0) is 26.8 Å². The van der Waals surface area contributed by atoms with Gasteiger partial charge in [-0.2, -0.15) is 0 Å². The van der Waals surface area contributed by atoms with Crippen molar-refractivity contribution < 1.29 is 28.2 Å². The number of carboxylic acids is 1. The topological polar surface area (TPSA) is 75.6 Å². The maximum absolute atomic E-state index is 13.5. The minimum atomic E-state index is -1.57. The third-order valence-electron chi connectivity index (χ3n) is 1.91. The molecule has 0 bridgehead atoms. The summed E-state index contributed by atoms with van der Waals surface area (Å²) in [7, 11) is 0. The number of benzene rings is 1. The van der Waals surface area contributed by atoms with Crippen LogP contribution in [0.3, 0.4) is 0 Å². The molecule has 0 unspecified atom stereocenters. The molecule has 5 nitrogen and oxygen atoms in total. The molecule has 0 radical (unpaired) electrons. The van der Waals surface area contributed by atoms with Gasteiger partial charge in [0.1, 0.15) is 11.4 Å². The molecule has 0 fully saturated rings. The number of carbonyl (C=O) groups is 2. The number of halogens is 2. The van der Waals surface area contributed by atoms with Crippen LogP contribution in [0.25, 0.3) is 0 Å². The van der Waals surface area contributed by atoms with Crippen LogP contribution in [0.2, 0.25) is 0 Å². The Balaban J connectivity index is 3.07. The first kappa shape index (κ1) is 14.9. The molecule has 0 atom stereocenters. The third kappa shape index (κ3) is 4.20. The Morgan fingerprint density at radius 3 is 2.32 bits per heavy atom. The second-order valence-electron chi connectivity index (χ2n) is 4.74. The normalized spacial score (nSPS) is 11.0. The van der Waals surface area contributed by atoms with Crippen molar-refractivity contribution >= 4 is 17.7 Å². The van der Waals surface area contributed by atoms with Crippen molar-refractivity contribution in [1.29, 1.82) is 0 Å². The lowest BCUT2D eigenvalue weighted by atomic mass is 10.1. The van der Waals surface area contributed by atoms with E-state index in [1.54, 1.807) is 20.8 Å². The predicted molar refractivity (Wildman–Crippen MR) is 63.2 cm³/mol. The van der Waals surface area contributed by atoms with Crippen molar-refractivity contribution in [3.8, 4) is 0 Å². The Morgan fingerprint density at radius 1 is 1.26 bits per heavy atom. The van der Waals surface area contributed by atoms with Crippen LogP contribution in [0.4, 0.5) is 19.3 Å². The number of ether oxygens (including phenoxy) is 1. The molecule has 1 rings (SSSR count). The Morgan fingerprint density at radius 2 is 1.84 bits per heavy atom. The van der Waals surface area contributed by atoms with E-state index in [2.05, 4.69) is 0 Å². The molecule has 104 valence electrons. The fraction of sp³-hybridized carbons (Fsp3) is 0.333. The molecule has 7 heteroatoms. The number of nitrogens with one attached hydrogen (secondary N) is 1. The molecule has 0 aliphatic carbocycles. The Bertz CT molecular complexity index is 523. The van der Waals surface area contributed by atoms with Gasteiger partial charge in [0, 0.05) is 6.07 Å². The molecule has 19 heavy (non-hydrogen) atoms. The first-order valence-corrected chi connectivity index (χ1v) is 5.32. The van der Waals surface area contributed by atoms with Crippen LogP contribution in [0, 0.1) is 11.6 Å². The highest BCUT2D eigenvalue weighted by molar-refractivity contribution is 5.99. The lowest BCUT2D eigenvalue weighted by Gasteiger charge is -2.20. The molecule has 1 aromatic carbocycles. The molecular weight excluding hydrogens is 260 g/mol. The molecule has 0 aliphatic rings. The number of carboxylic acid groups (broad SMARTS) is 1. The van der Waals surface area contributed by atoms with E-state index in [4.69, 9.17) is 9.84 Å². The maximum Gasteiger partial charge on any atom is 0.412 e. The number of hydrogen-bond donors (Lipinski definition) is 2. The number of rotatable bonds is 2. The van der Waals surface area contributed by atoms with E-state index in [-0.39, 0.29) is 0 Å². The summed E-state index contributed by atoms with van der Waals surface area (Å²) in [5, 5.41) is 10.8. The Labute approximate surface area is 108 Å². The van der Waals surface area contributed by atoms with Crippen molar-refractivity contribution in [3.05, 3.63) is 29.3 Å². The zero-order valence-electron chi connectivity index (χ0n) is 10.6. The zero-order chi connectivity index (χ0) is 14.8.